The zero-order valence-electron chi connectivity index (χ0n) is 24.3. The lowest BCUT2D eigenvalue weighted by molar-refractivity contribution is -0.362. The predicted octanol–water partition coefficient (Wildman–Crippen LogP) is 8.16. The third-order valence-corrected chi connectivity index (χ3v) is 9.77. The first-order valence-electron chi connectivity index (χ1n) is 15.5. The number of allylic oxidation sites excluding steroid dienone is 2. The molecule has 0 amide bonds. The highest BCUT2D eigenvalue weighted by Crippen LogP contribution is 2.52. The molecule has 0 N–H and O–H groups in total. The topological polar surface area (TPSA) is 55.5 Å². The van der Waals surface area contributed by atoms with Gasteiger partial charge < -0.3 is 17.6 Å². The second-order valence-corrected chi connectivity index (χ2v) is 12.2. The molecule has 4 nitrogen and oxygen atoms in total. The van der Waals surface area contributed by atoms with Crippen LogP contribution in [0.1, 0.15) is 77.6 Å². The number of halogens is 2. The van der Waals surface area contributed by atoms with E-state index < -0.39 is 6.97 Å². The van der Waals surface area contributed by atoms with E-state index in [1.807, 2.05) is 54.6 Å². The molecule has 8 rings (SSSR count). The van der Waals surface area contributed by atoms with E-state index in [2.05, 4.69) is 12.1 Å². The maximum absolute atomic E-state index is 17.9. The molecule has 44 heavy (non-hydrogen) atoms. The highest BCUT2D eigenvalue weighted by Gasteiger charge is 2.59. The monoisotopic (exact) mass is 578 g/mol. The quantitative estimate of drug-likeness (QED) is 0.231. The summed E-state index contributed by atoms with van der Waals surface area (Å²) in [6.45, 7) is -4.33. The Kier molecular flexibility index (Phi) is 6.07. The summed E-state index contributed by atoms with van der Waals surface area (Å²) in [5, 5.41) is 18.9. The third kappa shape index (κ3) is 3.75. The van der Waals surface area contributed by atoms with E-state index in [1.165, 1.54) is 8.96 Å². The molecule has 2 aliphatic heterocycles. The molecule has 2 aliphatic carbocycles. The Balaban J connectivity index is 1.54. The van der Waals surface area contributed by atoms with E-state index in [4.69, 9.17) is 0 Å². The van der Waals surface area contributed by atoms with Crippen LogP contribution in [0.2, 0.25) is 0 Å². The van der Waals surface area contributed by atoms with Crippen LogP contribution in [0.5, 0.6) is 0 Å². The average molecular weight is 578 g/mol. The Morgan fingerprint density at radius 3 is 1.77 bits per heavy atom. The van der Waals surface area contributed by atoms with Crippen LogP contribution in [-0.2, 0) is 12.8 Å². The normalized spacial score (nSPS) is 18.3. The minimum absolute atomic E-state index is 0.505. The van der Waals surface area contributed by atoms with E-state index in [-0.39, 0.29) is 0 Å². The molecule has 4 aromatic rings. The van der Waals surface area contributed by atoms with Gasteiger partial charge in [-0.25, -0.2) is 0 Å². The largest absolute Gasteiger partial charge is 0.737 e. The Morgan fingerprint density at radius 2 is 1.16 bits per heavy atom. The van der Waals surface area contributed by atoms with Crippen molar-refractivity contribution in [3.8, 4) is 23.4 Å². The second-order valence-electron chi connectivity index (χ2n) is 12.2. The highest BCUT2D eigenvalue weighted by molar-refractivity contribution is 6.59. The predicted molar refractivity (Wildman–Crippen MR) is 168 cm³/mol. The maximum atomic E-state index is 17.9. The van der Waals surface area contributed by atoms with E-state index in [1.54, 1.807) is 24.3 Å². The average Bonchev–Trinajstić information content (AvgIpc) is 3.61. The Bertz CT molecular complexity index is 2030. The zero-order valence-corrected chi connectivity index (χ0v) is 24.3. The lowest BCUT2D eigenvalue weighted by atomic mass is 9.81. The summed E-state index contributed by atoms with van der Waals surface area (Å²) in [6, 6.07) is 28.6. The van der Waals surface area contributed by atoms with E-state index in [0.717, 1.165) is 84.8 Å². The number of aromatic nitrogens is 1. The molecule has 0 unspecified atom stereocenters. The molecule has 214 valence electrons. The van der Waals surface area contributed by atoms with Crippen molar-refractivity contribution < 1.29 is 13.1 Å². The Hall–Kier alpha value is -5.01. The molecule has 0 saturated carbocycles. The first-order valence-corrected chi connectivity index (χ1v) is 15.5. The smallest absolute Gasteiger partial charge is 0.389 e. The van der Waals surface area contributed by atoms with Crippen LogP contribution in [0.15, 0.2) is 95.7 Å². The number of nitriles is 2. The molecule has 0 saturated heterocycles. The van der Waals surface area contributed by atoms with Gasteiger partial charge in [0.15, 0.2) is 11.4 Å². The van der Waals surface area contributed by atoms with Crippen molar-refractivity contribution in [1.29, 1.82) is 10.5 Å². The highest BCUT2D eigenvalue weighted by atomic mass is 19.2. The van der Waals surface area contributed by atoms with Gasteiger partial charge in [-0.05, 0) is 110 Å². The summed E-state index contributed by atoms with van der Waals surface area (Å²) >= 11 is 0. The summed E-state index contributed by atoms with van der Waals surface area (Å²) < 4.78 is 38.6. The van der Waals surface area contributed by atoms with Crippen LogP contribution in [0.3, 0.4) is 0 Å². The molecule has 3 aromatic carbocycles. The minimum atomic E-state index is -4.33. The number of nitrogens with zero attached hydrogens (tertiary/aromatic N) is 4. The summed E-state index contributed by atoms with van der Waals surface area (Å²) in [5.74, 6) is 0. The standard InChI is InChI=1S/C37H29BF2N4/c39-38(40)43-34(27-18-14-24(22-41)15-19-27)29-10-4-6-12-31(29)36(43)33(26-8-2-1-3-9-26)37-32-13-7-5-11-30(32)35(44(37)38)28-20-16-25(23-42)17-21-28/h1-3,8-9,14-21H,4-7,10-13H2. The molecule has 4 aliphatic rings. The van der Waals surface area contributed by atoms with Crippen molar-refractivity contribution in [2.75, 3.05) is 0 Å². The maximum Gasteiger partial charge on any atom is 0.737 e. The molecule has 1 aromatic heterocycles. The number of hydrogen-bond acceptors (Lipinski definition) is 2. The first kappa shape index (κ1) is 26.6. The lowest BCUT2D eigenvalue weighted by Gasteiger charge is -2.35. The van der Waals surface area contributed by atoms with E-state index in [0.29, 0.717) is 45.1 Å². The summed E-state index contributed by atoms with van der Waals surface area (Å²) in [6.07, 6.45) is 6.85. The molecule has 7 heteroatoms. The number of benzene rings is 3. The Labute approximate surface area is 255 Å². The van der Waals surface area contributed by atoms with Crippen molar-refractivity contribution >= 4 is 18.3 Å². The number of hydrogen-bond donors (Lipinski definition) is 0. The lowest BCUT2D eigenvalue weighted by Crippen LogP contribution is -2.52. The molecule has 0 atom stereocenters. The van der Waals surface area contributed by atoms with Gasteiger partial charge >= 0.3 is 6.97 Å². The van der Waals surface area contributed by atoms with Gasteiger partial charge in [0.25, 0.3) is 0 Å². The van der Waals surface area contributed by atoms with Gasteiger partial charge in [-0.3, -0.25) is 0 Å². The van der Waals surface area contributed by atoms with Gasteiger partial charge in [0.05, 0.1) is 28.8 Å². The third-order valence-electron chi connectivity index (χ3n) is 9.77. The van der Waals surface area contributed by atoms with Crippen molar-refractivity contribution in [3.63, 3.8) is 0 Å². The van der Waals surface area contributed by atoms with Crippen LogP contribution >= 0.6 is 0 Å². The van der Waals surface area contributed by atoms with Crippen LogP contribution in [0.25, 0.3) is 16.8 Å². The van der Waals surface area contributed by atoms with Crippen LogP contribution in [0.4, 0.5) is 8.63 Å². The fourth-order valence-corrected chi connectivity index (χ4v) is 7.96. The SMILES string of the molecule is N#Cc1ccc(C2=[N+]3C(=C(c4ccccc4)c4c5c(c(-c6ccc(C#N)cc6)n4[B-]3(F)F)CCCC5)C3=C2CCCC3)cc1. The van der Waals surface area contributed by atoms with E-state index in [9.17, 15) is 10.5 Å². The first-order chi connectivity index (χ1) is 21.5. The van der Waals surface area contributed by atoms with Gasteiger partial charge in [-0.15, -0.1) is 0 Å². The van der Waals surface area contributed by atoms with Crippen LogP contribution in [0, 0.1) is 22.7 Å². The molecule has 0 spiro atoms. The molecule has 0 bridgehead atoms. The van der Waals surface area contributed by atoms with Gasteiger partial charge in [0, 0.05) is 28.1 Å². The van der Waals surface area contributed by atoms with Crippen LogP contribution < -0.4 is 0 Å². The van der Waals surface area contributed by atoms with Crippen LogP contribution in [-0.4, -0.2) is 21.6 Å². The zero-order chi connectivity index (χ0) is 30.0. The van der Waals surface area contributed by atoms with Gasteiger partial charge in [0.2, 0.25) is 0 Å². The fourth-order valence-electron chi connectivity index (χ4n) is 7.96. The van der Waals surface area contributed by atoms with E-state index >= 15 is 8.63 Å². The van der Waals surface area contributed by atoms with Crippen molar-refractivity contribution in [1.82, 2.24) is 4.48 Å². The molecular formula is C37H29BF2N4. The summed E-state index contributed by atoms with van der Waals surface area (Å²) in [7, 11) is 0. The fraction of sp³-hybridized carbons (Fsp3) is 0.216. The molecule has 3 heterocycles. The molecular weight excluding hydrogens is 549 g/mol. The summed E-state index contributed by atoms with van der Waals surface area (Å²) in [4.78, 5) is 0. The van der Waals surface area contributed by atoms with Gasteiger partial charge in [-0.2, -0.15) is 10.5 Å². The van der Waals surface area contributed by atoms with Crippen molar-refractivity contribution in [3.05, 3.63) is 135 Å². The number of rotatable bonds is 3. The van der Waals surface area contributed by atoms with Crippen molar-refractivity contribution in [2.45, 2.75) is 51.4 Å². The number of fused-ring (bicyclic) bond motifs is 5. The van der Waals surface area contributed by atoms with Gasteiger partial charge in [-0.1, -0.05) is 42.5 Å². The molecule has 0 fully saturated rings. The minimum Gasteiger partial charge on any atom is -0.389 e. The van der Waals surface area contributed by atoms with Gasteiger partial charge in [0.1, 0.15) is 0 Å². The summed E-state index contributed by atoms with van der Waals surface area (Å²) in [5.41, 5.74) is 10.8. The molecule has 0 radical (unpaired) electrons. The van der Waals surface area contributed by atoms with Crippen molar-refractivity contribution in [2.24, 2.45) is 0 Å². The Morgan fingerprint density at radius 1 is 0.614 bits per heavy atom. The second kappa shape index (κ2) is 10.0.